The number of carboxylic acid groups (broad SMARTS) is 1. The molecule has 1 heterocycles. The molecule has 5 nitrogen and oxygen atoms in total. The summed E-state index contributed by atoms with van der Waals surface area (Å²) in [6, 6.07) is 4.94. The van der Waals surface area contributed by atoms with Gasteiger partial charge in [-0.3, -0.25) is 4.79 Å². The predicted octanol–water partition coefficient (Wildman–Crippen LogP) is 2.77. The summed E-state index contributed by atoms with van der Waals surface area (Å²) in [5.74, 6) is -1.39. The second-order valence-electron chi connectivity index (χ2n) is 5.38. The molecule has 0 saturated heterocycles. The van der Waals surface area contributed by atoms with Crippen LogP contribution in [0, 0.1) is 13.8 Å². The molecule has 3 N–H and O–H groups in total. The van der Waals surface area contributed by atoms with Crippen LogP contribution in [-0.4, -0.2) is 28.0 Å². The number of carboxylic acids is 1. The van der Waals surface area contributed by atoms with Crippen molar-refractivity contribution < 1.29 is 14.7 Å². The lowest BCUT2D eigenvalue weighted by molar-refractivity contribution is -0.139. The summed E-state index contributed by atoms with van der Waals surface area (Å²) in [6.45, 7) is 5.87. The van der Waals surface area contributed by atoms with Crippen LogP contribution in [0.1, 0.15) is 41.4 Å². The van der Waals surface area contributed by atoms with Gasteiger partial charge in [0, 0.05) is 10.9 Å². The van der Waals surface area contributed by atoms with Crippen LogP contribution in [0.4, 0.5) is 0 Å². The average molecular weight is 288 g/mol. The van der Waals surface area contributed by atoms with E-state index in [1.54, 1.807) is 6.07 Å². The number of aromatic amines is 1. The van der Waals surface area contributed by atoms with Gasteiger partial charge in [-0.05, 0) is 43.5 Å². The molecule has 0 radical (unpaired) electrons. The Kier molecular flexibility index (Phi) is 4.31. The fourth-order valence-corrected chi connectivity index (χ4v) is 2.50. The normalized spacial score (nSPS) is 12.3. The highest BCUT2D eigenvalue weighted by molar-refractivity contribution is 6.00. The highest BCUT2D eigenvalue weighted by Crippen LogP contribution is 2.21. The van der Waals surface area contributed by atoms with E-state index in [2.05, 4.69) is 16.4 Å². The zero-order valence-corrected chi connectivity index (χ0v) is 12.5. The molecular formula is C16H20N2O3. The monoisotopic (exact) mass is 288 g/mol. The first-order chi connectivity index (χ1) is 9.92. The SMILES string of the molecule is CCCC(NC(=O)c1cc2c(C)cc(C)cc2[nH]1)C(=O)O. The van der Waals surface area contributed by atoms with E-state index in [4.69, 9.17) is 5.11 Å². The maximum absolute atomic E-state index is 12.2. The van der Waals surface area contributed by atoms with Crippen LogP contribution in [0.2, 0.25) is 0 Å². The van der Waals surface area contributed by atoms with Gasteiger partial charge in [-0.25, -0.2) is 4.79 Å². The van der Waals surface area contributed by atoms with Crippen molar-refractivity contribution in [2.45, 2.75) is 39.7 Å². The van der Waals surface area contributed by atoms with Gasteiger partial charge in [0.05, 0.1) is 0 Å². The van der Waals surface area contributed by atoms with Crippen LogP contribution in [0.15, 0.2) is 18.2 Å². The summed E-state index contributed by atoms with van der Waals surface area (Å²) in [5, 5.41) is 12.6. The molecule has 1 aromatic carbocycles. The molecule has 0 aliphatic heterocycles. The number of amides is 1. The van der Waals surface area contributed by atoms with Gasteiger partial charge >= 0.3 is 5.97 Å². The van der Waals surface area contributed by atoms with Crippen molar-refractivity contribution in [3.63, 3.8) is 0 Å². The molecule has 0 spiro atoms. The number of carbonyl (C=O) groups is 2. The minimum absolute atomic E-state index is 0.385. The minimum atomic E-state index is -1.01. The van der Waals surface area contributed by atoms with Crippen LogP contribution in [0.5, 0.6) is 0 Å². The van der Waals surface area contributed by atoms with Crippen molar-refractivity contribution in [2.75, 3.05) is 0 Å². The minimum Gasteiger partial charge on any atom is -0.480 e. The molecule has 112 valence electrons. The summed E-state index contributed by atoms with van der Waals surface area (Å²) in [5.41, 5.74) is 3.48. The number of benzene rings is 1. The number of nitrogens with one attached hydrogen (secondary N) is 2. The zero-order valence-electron chi connectivity index (χ0n) is 12.5. The molecule has 2 aromatic rings. The third-order valence-electron chi connectivity index (χ3n) is 3.51. The number of H-pyrrole nitrogens is 1. The van der Waals surface area contributed by atoms with Crippen LogP contribution >= 0.6 is 0 Å². The number of hydrogen-bond acceptors (Lipinski definition) is 2. The maximum atomic E-state index is 12.2. The lowest BCUT2D eigenvalue weighted by Gasteiger charge is -2.12. The molecule has 0 bridgehead atoms. The Morgan fingerprint density at radius 2 is 2.00 bits per heavy atom. The molecule has 1 unspecified atom stereocenters. The van der Waals surface area contributed by atoms with Gasteiger partial charge in [0.1, 0.15) is 11.7 Å². The van der Waals surface area contributed by atoms with Crippen molar-refractivity contribution >= 4 is 22.8 Å². The van der Waals surface area contributed by atoms with E-state index >= 15 is 0 Å². The van der Waals surface area contributed by atoms with E-state index in [1.165, 1.54) is 0 Å². The van der Waals surface area contributed by atoms with Gasteiger partial charge in [-0.1, -0.05) is 19.4 Å². The van der Waals surface area contributed by atoms with E-state index in [-0.39, 0.29) is 5.91 Å². The third-order valence-corrected chi connectivity index (χ3v) is 3.51. The summed E-state index contributed by atoms with van der Waals surface area (Å²) >= 11 is 0. The molecule has 1 atom stereocenters. The summed E-state index contributed by atoms with van der Waals surface area (Å²) in [7, 11) is 0. The number of hydrogen-bond donors (Lipinski definition) is 3. The zero-order chi connectivity index (χ0) is 15.6. The van der Waals surface area contributed by atoms with E-state index in [0.29, 0.717) is 18.5 Å². The van der Waals surface area contributed by atoms with E-state index in [9.17, 15) is 9.59 Å². The van der Waals surface area contributed by atoms with Crippen LogP contribution in [-0.2, 0) is 4.79 Å². The fourth-order valence-electron chi connectivity index (χ4n) is 2.50. The van der Waals surface area contributed by atoms with Crippen molar-refractivity contribution in [2.24, 2.45) is 0 Å². The fraction of sp³-hybridized carbons (Fsp3) is 0.375. The van der Waals surface area contributed by atoms with Gasteiger partial charge in [0.25, 0.3) is 5.91 Å². The molecule has 0 saturated carbocycles. The van der Waals surface area contributed by atoms with E-state index in [0.717, 1.165) is 22.0 Å². The number of fused-ring (bicyclic) bond motifs is 1. The van der Waals surface area contributed by atoms with Gasteiger partial charge in [-0.2, -0.15) is 0 Å². The second kappa shape index (κ2) is 5.99. The van der Waals surface area contributed by atoms with E-state index in [1.807, 2.05) is 26.8 Å². The molecule has 5 heteroatoms. The first-order valence-electron chi connectivity index (χ1n) is 7.06. The molecule has 0 fully saturated rings. The lowest BCUT2D eigenvalue weighted by atomic mass is 10.1. The Labute approximate surface area is 123 Å². The molecular weight excluding hydrogens is 268 g/mol. The first kappa shape index (κ1) is 15.1. The Hall–Kier alpha value is -2.30. The quantitative estimate of drug-likeness (QED) is 0.791. The van der Waals surface area contributed by atoms with Crippen molar-refractivity contribution in [3.8, 4) is 0 Å². The molecule has 0 aliphatic rings. The molecule has 0 aliphatic carbocycles. The number of aromatic nitrogens is 1. The van der Waals surface area contributed by atoms with Crippen molar-refractivity contribution in [1.29, 1.82) is 0 Å². The summed E-state index contributed by atoms with van der Waals surface area (Å²) in [4.78, 5) is 26.4. The number of aliphatic carboxylic acids is 1. The molecule has 21 heavy (non-hydrogen) atoms. The van der Waals surface area contributed by atoms with Crippen molar-refractivity contribution in [3.05, 3.63) is 35.0 Å². The smallest absolute Gasteiger partial charge is 0.326 e. The van der Waals surface area contributed by atoms with Gasteiger partial charge in [0.2, 0.25) is 0 Å². The molecule has 1 aromatic heterocycles. The van der Waals surface area contributed by atoms with E-state index < -0.39 is 12.0 Å². The average Bonchev–Trinajstić information content (AvgIpc) is 2.82. The first-order valence-corrected chi connectivity index (χ1v) is 7.06. The largest absolute Gasteiger partial charge is 0.480 e. The molecule has 1 amide bonds. The van der Waals surface area contributed by atoms with Crippen LogP contribution < -0.4 is 5.32 Å². The van der Waals surface area contributed by atoms with Gasteiger partial charge in [0.15, 0.2) is 0 Å². The summed E-state index contributed by atoms with van der Waals surface area (Å²) in [6.07, 6.45) is 1.11. The van der Waals surface area contributed by atoms with Crippen LogP contribution in [0.25, 0.3) is 10.9 Å². The Bertz CT molecular complexity index is 688. The number of aryl methyl sites for hydroxylation is 2. The molecule has 2 rings (SSSR count). The number of carbonyl (C=O) groups excluding carboxylic acids is 1. The lowest BCUT2D eigenvalue weighted by Crippen LogP contribution is -2.40. The predicted molar refractivity (Wildman–Crippen MR) is 81.6 cm³/mol. The maximum Gasteiger partial charge on any atom is 0.326 e. The Balaban J connectivity index is 2.27. The Morgan fingerprint density at radius 1 is 1.29 bits per heavy atom. The highest BCUT2D eigenvalue weighted by Gasteiger charge is 2.20. The third kappa shape index (κ3) is 3.24. The van der Waals surface area contributed by atoms with Gasteiger partial charge in [-0.15, -0.1) is 0 Å². The highest BCUT2D eigenvalue weighted by atomic mass is 16.4. The Morgan fingerprint density at radius 3 is 2.62 bits per heavy atom. The standard InChI is InChI=1S/C16H20N2O3/c1-4-5-12(16(20)21)18-15(19)14-8-11-10(3)6-9(2)7-13(11)17-14/h6-8,12,17H,4-5H2,1-3H3,(H,18,19)(H,20,21). The van der Waals surface area contributed by atoms with Crippen molar-refractivity contribution in [1.82, 2.24) is 10.3 Å². The topological polar surface area (TPSA) is 82.2 Å². The number of rotatable bonds is 5. The van der Waals surface area contributed by atoms with Crippen LogP contribution in [0.3, 0.4) is 0 Å². The second-order valence-corrected chi connectivity index (χ2v) is 5.38. The summed E-state index contributed by atoms with van der Waals surface area (Å²) < 4.78 is 0. The van der Waals surface area contributed by atoms with Gasteiger partial charge < -0.3 is 15.4 Å².